The van der Waals surface area contributed by atoms with Gasteiger partial charge in [-0.3, -0.25) is 4.79 Å². The third-order valence-corrected chi connectivity index (χ3v) is 7.11. The second kappa shape index (κ2) is 6.00. The standard InChI is InChI=1S/C18H20N2O4S/c21-17(19-12-14-5-4-10-24-14)16-11-18(16)8-9-20(13-18)25(22,23)15-6-2-1-3-7-15/h1-7,10,16H,8-9,11-13H2,(H,19,21). The van der Waals surface area contributed by atoms with E-state index >= 15 is 0 Å². The van der Waals surface area contributed by atoms with Crippen molar-refractivity contribution in [3.63, 3.8) is 0 Å². The van der Waals surface area contributed by atoms with Gasteiger partial charge in [-0.05, 0) is 42.5 Å². The number of hydrogen-bond donors (Lipinski definition) is 1. The van der Waals surface area contributed by atoms with Gasteiger partial charge in [0.2, 0.25) is 15.9 Å². The summed E-state index contributed by atoms with van der Waals surface area (Å²) < 4.78 is 32.2. The second-order valence-electron chi connectivity index (χ2n) is 6.82. The van der Waals surface area contributed by atoms with Crippen molar-refractivity contribution in [1.82, 2.24) is 9.62 Å². The van der Waals surface area contributed by atoms with Gasteiger partial charge in [-0.1, -0.05) is 18.2 Å². The number of amides is 1. The van der Waals surface area contributed by atoms with Crippen LogP contribution in [0.2, 0.25) is 0 Å². The zero-order valence-electron chi connectivity index (χ0n) is 13.7. The Balaban J connectivity index is 1.39. The molecule has 2 heterocycles. The van der Waals surface area contributed by atoms with Gasteiger partial charge in [0, 0.05) is 19.0 Å². The third-order valence-electron chi connectivity index (χ3n) is 5.25. The SMILES string of the molecule is O=C(NCc1ccco1)C1CC12CCN(S(=O)(=O)c1ccccc1)C2. The monoisotopic (exact) mass is 360 g/mol. The summed E-state index contributed by atoms with van der Waals surface area (Å²) in [6.45, 7) is 1.26. The van der Waals surface area contributed by atoms with Gasteiger partial charge in [0.1, 0.15) is 5.76 Å². The van der Waals surface area contributed by atoms with Crippen LogP contribution < -0.4 is 5.32 Å². The van der Waals surface area contributed by atoms with E-state index in [1.54, 1.807) is 42.7 Å². The molecule has 1 amide bonds. The molecule has 0 radical (unpaired) electrons. The Morgan fingerprint density at radius 2 is 2.04 bits per heavy atom. The first-order valence-corrected chi connectivity index (χ1v) is 9.81. The van der Waals surface area contributed by atoms with Crippen molar-refractivity contribution in [3.8, 4) is 0 Å². The summed E-state index contributed by atoms with van der Waals surface area (Å²) in [5.74, 6) is 0.580. The first-order chi connectivity index (χ1) is 12.0. The number of benzene rings is 1. The van der Waals surface area contributed by atoms with Crippen molar-refractivity contribution in [3.05, 3.63) is 54.5 Å². The Morgan fingerprint density at radius 1 is 1.24 bits per heavy atom. The minimum absolute atomic E-state index is 0.0182. The van der Waals surface area contributed by atoms with Crippen LogP contribution in [0.1, 0.15) is 18.6 Å². The Labute approximate surface area is 146 Å². The number of carbonyl (C=O) groups excluding carboxylic acids is 1. The summed E-state index contributed by atoms with van der Waals surface area (Å²) in [7, 11) is -3.48. The summed E-state index contributed by atoms with van der Waals surface area (Å²) in [5, 5.41) is 2.88. The van der Waals surface area contributed by atoms with E-state index in [1.165, 1.54) is 4.31 Å². The highest BCUT2D eigenvalue weighted by molar-refractivity contribution is 7.89. The first kappa shape index (κ1) is 16.4. The van der Waals surface area contributed by atoms with Crippen molar-refractivity contribution in [2.75, 3.05) is 13.1 Å². The molecule has 132 valence electrons. The molecule has 1 saturated heterocycles. The van der Waals surface area contributed by atoms with Crippen LogP contribution in [-0.2, 0) is 21.4 Å². The fraction of sp³-hybridized carbons (Fsp3) is 0.389. The fourth-order valence-electron chi connectivity index (χ4n) is 3.68. The lowest BCUT2D eigenvalue weighted by atomic mass is 10.0. The highest BCUT2D eigenvalue weighted by Gasteiger charge is 2.62. The van der Waals surface area contributed by atoms with E-state index in [-0.39, 0.29) is 17.2 Å². The average molecular weight is 360 g/mol. The molecule has 2 aromatic rings. The maximum atomic E-state index is 12.7. The van der Waals surface area contributed by atoms with Crippen LogP contribution >= 0.6 is 0 Å². The molecule has 2 unspecified atom stereocenters. The van der Waals surface area contributed by atoms with E-state index in [0.29, 0.717) is 30.3 Å². The van der Waals surface area contributed by atoms with Crippen LogP contribution in [0.5, 0.6) is 0 Å². The van der Waals surface area contributed by atoms with Gasteiger partial charge in [0.05, 0.1) is 17.7 Å². The summed E-state index contributed by atoms with van der Waals surface area (Å²) in [4.78, 5) is 12.7. The van der Waals surface area contributed by atoms with Crippen molar-refractivity contribution >= 4 is 15.9 Å². The largest absolute Gasteiger partial charge is 0.467 e. The zero-order chi connectivity index (χ0) is 17.5. The molecule has 1 aliphatic carbocycles. The predicted molar refractivity (Wildman–Crippen MR) is 90.9 cm³/mol. The third kappa shape index (κ3) is 2.98. The molecule has 2 atom stereocenters. The van der Waals surface area contributed by atoms with E-state index in [0.717, 1.165) is 12.8 Å². The molecule has 1 saturated carbocycles. The molecular weight excluding hydrogens is 340 g/mol. The average Bonchev–Trinajstić information content (AvgIpc) is 2.96. The summed E-state index contributed by atoms with van der Waals surface area (Å²) in [5.41, 5.74) is -0.199. The molecular formula is C18H20N2O4S. The molecule has 2 fully saturated rings. The predicted octanol–water partition coefficient (Wildman–Crippen LogP) is 2.00. The molecule has 1 N–H and O–H groups in total. The van der Waals surface area contributed by atoms with Crippen molar-refractivity contribution in [2.45, 2.75) is 24.3 Å². The van der Waals surface area contributed by atoms with Gasteiger partial charge < -0.3 is 9.73 Å². The van der Waals surface area contributed by atoms with Crippen LogP contribution in [0, 0.1) is 11.3 Å². The number of nitrogens with zero attached hydrogens (tertiary/aromatic N) is 1. The maximum absolute atomic E-state index is 12.7. The minimum atomic E-state index is -3.48. The maximum Gasteiger partial charge on any atom is 0.243 e. The number of furan rings is 1. The van der Waals surface area contributed by atoms with E-state index in [1.807, 2.05) is 6.07 Å². The van der Waals surface area contributed by atoms with Crippen molar-refractivity contribution < 1.29 is 17.6 Å². The lowest BCUT2D eigenvalue weighted by molar-refractivity contribution is -0.123. The lowest BCUT2D eigenvalue weighted by Gasteiger charge is -2.16. The molecule has 6 nitrogen and oxygen atoms in total. The summed E-state index contributed by atoms with van der Waals surface area (Å²) >= 11 is 0. The van der Waals surface area contributed by atoms with Gasteiger partial charge in [0.25, 0.3) is 0 Å². The molecule has 1 aromatic heterocycles. The first-order valence-electron chi connectivity index (χ1n) is 8.37. The summed E-state index contributed by atoms with van der Waals surface area (Å²) in [6, 6.07) is 12.1. The van der Waals surface area contributed by atoms with E-state index in [4.69, 9.17) is 4.42 Å². The highest BCUT2D eigenvalue weighted by atomic mass is 32.2. The molecule has 1 aromatic carbocycles. The number of sulfonamides is 1. The molecule has 2 aliphatic rings. The van der Waals surface area contributed by atoms with Gasteiger partial charge in [-0.15, -0.1) is 0 Å². The molecule has 1 spiro atoms. The zero-order valence-corrected chi connectivity index (χ0v) is 14.5. The normalized spacial score (nSPS) is 26.0. The van der Waals surface area contributed by atoms with E-state index < -0.39 is 10.0 Å². The topological polar surface area (TPSA) is 79.6 Å². The van der Waals surface area contributed by atoms with Crippen LogP contribution in [0.3, 0.4) is 0 Å². The van der Waals surface area contributed by atoms with Crippen molar-refractivity contribution in [1.29, 1.82) is 0 Å². The molecule has 7 heteroatoms. The fourth-order valence-corrected chi connectivity index (χ4v) is 5.24. The van der Waals surface area contributed by atoms with Crippen LogP contribution in [0.25, 0.3) is 0 Å². The van der Waals surface area contributed by atoms with Gasteiger partial charge in [0.15, 0.2) is 0 Å². The number of hydrogen-bond acceptors (Lipinski definition) is 4. The second-order valence-corrected chi connectivity index (χ2v) is 8.76. The van der Waals surface area contributed by atoms with Gasteiger partial charge in [-0.25, -0.2) is 8.42 Å². The molecule has 1 aliphatic heterocycles. The Bertz CT molecular complexity index is 864. The Kier molecular flexibility index (Phi) is 3.92. The number of nitrogens with one attached hydrogen (secondary N) is 1. The highest BCUT2D eigenvalue weighted by Crippen LogP contribution is 2.59. The van der Waals surface area contributed by atoms with E-state index in [2.05, 4.69) is 5.32 Å². The molecule has 4 rings (SSSR count). The van der Waals surface area contributed by atoms with Crippen molar-refractivity contribution in [2.24, 2.45) is 11.3 Å². The van der Waals surface area contributed by atoms with Crippen LogP contribution in [-0.4, -0.2) is 31.7 Å². The van der Waals surface area contributed by atoms with Crippen LogP contribution in [0.4, 0.5) is 0 Å². The minimum Gasteiger partial charge on any atom is -0.467 e. The molecule has 0 bridgehead atoms. The smallest absolute Gasteiger partial charge is 0.243 e. The van der Waals surface area contributed by atoms with Gasteiger partial charge in [-0.2, -0.15) is 4.31 Å². The molecule has 25 heavy (non-hydrogen) atoms. The summed E-state index contributed by atoms with van der Waals surface area (Å²) in [6.07, 6.45) is 3.05. The quantitative estimate of drug-likeness (QED) is 0.884. The van der Waals surface area contributed by atoms with E-state index in [9.17, 15) is 13.2 Å². The van der Waals surface area contributed by atoms with Crippen LogP contribution in [0.15, 0.2) is 58.0 Å². The van der Waals surface area contributed by atoms with Gasteiger partial charge >= 0.3 is 0 Å². The number of rotatable bonds is 5. The Morgan fingerprint density at radius 3 is 2.76 bits per heavy atom. The number of carbonyl (C=O) groups is 1. The lowest BCUT2D eigenvalue weighted by Crippen LogP contribution is -2.31. The Hall–Kier alpha value is -2.12.